The Labute approximate surface area is 111 Å². The Morgan fingerprint density at radius 3 is 3.05 bits per heavy atom. The maximum atomic E-state index is 12.4. The van der Waals surface area contributed by atoms with E-state index in [0.717, 1.165) is 30.5 Å². The van der Waals surface area contributed by atoms with E-state index in [2.05, 4.69) is 4.98 Å². The van der Waals surface area contributed by atoms with Crippen molar-refractivity contribution in [1.29, 1.82) is 0 Å². The van der Waals surface area contributed by atoms with Crippen LogP contribution in [0.4, 0.5) is 5.69 Å². The number of ether oxygens (including phenoxy) is 1. The molecule has 0 saturated carbocycles. The number of rotatable bonds is 1. The average Bonchev–Trinajstić information content (AvgIpc) is 2.64. The number of nitrogens with two attached hydrogens (primary N) is 1. The van der Waals surface area contributed by atoms with Crippen molar-refractivity contribution >= 4 is 22.5 Å². The zero-order valence-electron chi connectivity index (χ0n) is 10.7. The van der Waals surface area contributed by atoms with E-state index >= 15 is 0 Å². The van der Waals surface area contributed by atoms with Crippen molar-refractivity contribution in [1.82, 2.24) is 9.88 Å². The van der Waals surface area contributed by atoms with Gasteiger partial charge in [-0.25, -0.2) is 0 Å². The van der Waals surface area contributed by atoms with Crippen molar-refractivity contribution in [3.05, 3.63) is 30.0 Å². The lowest BCUT2D eigenvalue weighted by molar-refractivity contribution is 0.0736. The van der Waals surface area contributed by atoms with Crippen molar-refractivity contribution in [2.24, 2.45) is 0 Å². The lowest BCUT2D eigenvalue weighted by Crippen LogP contribution is -2.33. The van der Waals surface area contributed by atoms with Crippen LogP contribution in [0, 0.1) is 0 Å². The fourth-order valence-corrected chi connectivity index (χ4v) is 2.39. The normalized spacial score (nSPS) is 16.5. The second kappa shape index (κ2) is 4.93. The van der Waals surface area contributed by atoms with E-state index in [1.807, 2.05) is 29.2 Å². The number of benzene rings is 1. The number of nitrogens with one attached hydrogen (secondary N) is 1. The van der Waals surface area contributed by atoms with Gasteiger partial charge in [0.2, 0.25) is 0 Å². The van der Waals surface area contributed by atoms with Crippen LogP contribution in [0.25, 0.3) is 10.9 Å². The van der Waals surface area contributed by atoms with Crippen molar-refractivity contribution in [2.75, 3.05) is 32.0 Å². The van der Waals surface area contributed by atoms with Crippen molar-refractivity contribution in [3.8, 4) is 0 Å². The summed E-state index contributed by atoms with van der Waals surface area (Å²) in [7, 11) is 0. The molecule has 2 heterocycles. The molecule has 1 amide bonds. The van der Waals surface area contributed by atoms with E-state index in [9.17, 15) is 4.79 Å². The summed E-state index contributed by atoms with van der Waals surface area (Å²) < 4.78 is 5.36. The van der Waals surface area contributed by atoms with E-state index in [-0.39, 0.29) is 5.91 Å². The first-order valence-electron chi connectivity index (χ1n) is 6.49. The summed E-state index contributed by atoms with van der Waals surface area (Å²) in [5.41, 5.74) is 8.00. The fraction of sp³-hybridized carbons (Fsp3) is 0.357. The zero-order chi connectivity index (χ0) is 13.2. The highest BCUT2D eigenvalue weighted by Crippen LogP contribution is 2.19. The molecule has 5 nitrogen and oxygen atoms in total. The number of aromatic amines is 1. The minimum absolute atomic E-state index is 0.0280. The SMILES string of the molecule is Nc1ccc2[nH]c(C(=O)N3CCCOCC3)cc2c1. The van der Waals surface area contributed by atoms with Crippen LogP contribution in [0.1, 0.15) is 16.9 Å². The quantitative estimate of drug-likeness (QED) is 0.764. The van der Waals surface area contributed by atoms with Gasteiger partial charge in [0, 0.05) is 36.3 Å². The van der Waals surface area contributed by atoms with Gasteiger partial charge in [-0.05, 0) is 30.7 Å². The molecule has 19 heavy (non-hydrogen) atoms. The molecule has 0 atom stereocenters. The van der Waals surface area contributed by atoms with Crippen LogP contribution in [0.3, 0.4) is 0 Å². The molecule has 0 bridgehead atoms. The van der Waals surface area contributed by atoms with Gasteiger partial charge in [-0.3, -0.25) is 4.79 Å². The van der Waals surface area contributed by atoms with Gasteiger partial charge in [-0.1, -0.05) is 0 Å². The predicted octanol–water partition coefficient (Wildman–Crippen LogP) is 1.61. The van der Waals surface area contributed by atoms with Gasteiger partial charge in [0.1, 0.15) is 5.69 Å². The third-order valence-corrected chi connectivity index (χ3v) is 3.38. The van der Waals surface area contributed by atoms with Crippen LogP contribution in [0.15, 0.2) is 24.3 Å². The Hall–Kier alpha value is -2.01. The Kier molecular flexibility index (Phi) is 3.13. The summed E-state index contributed by atoms with van der Waals surface area (Å²) >= 11 is 0. The van der Waals surface area contributed by atoms with Gasteiger partial charge in [0.05, 0.1) is 6.61 Å². The van der Waals surface area contributed by atoms with Crippen LogP contribution < -0.4 is 5.73 Å². The predicted molar refractivity (Wildman–Crippen MR) is 74.1 cm³/mol. The second-order valence-electron chi connectivity index (χ2n) is 4.79. The number of nitrogen functional groups attached to an aromatic ring is 1. The molecule has 0 spiro atoms. The van der Waals surface area contributed by atoms with Gasteiger partial charge in [0.15, 0.2) is 0 Å². The molecule has 1 aromatic heterocycles. The topological polar surface area (TPSA) is 71.4 Å². The van der Waals surface area contributed by atoms with Crippen molar-refractivity contribution in [2.45, 2.75) is 6.42 Å². The number of H-pyrrole nitrogens is 1. The molecule has 3 rings (SSSR count). The third kappa shape index (κ3) is 2.42. The van der Waals surface area contributed by atoms with Crippen molar-refractivity contribution < 1.29 is 9.53 Å². The standard InChI is InChI=1S/C14H17N3O2/c15-11-2-3-12-10(8-11)9-13(16-12)14(18)17-4-1-6-19-7-5-17/h2-3,8-9,16H,1,4-7,15H2. The Morgan fingerprint density at radius 1 is 1.26 bits per heavy atom. The number of fused-ring (bicyclic) bond motifs is 1. The third-order valence-electron chi connectivity index (χ3n) is 3.38. The maximum absolute atomic E-state index is 12.4. The molecular weight excluding hydrogens is 242 g/mol. The molecule has 1 fully saturated rings. The summed E-state index contributed by atoms with van der Waals surface area (Å²) in [4.78, 5) is 17.4. The molecule has 5 heteroatoms. The van der Waals surface area contributed by atoms with Crippen LogP contribution in [0.5, 0.6) is 0 Å². The highest BCUT2D eigenvalue weighted by atomic mass is 16.5. The number of nitrogens with zero attached hydrogens (tertiary/aromatic N) is 1. The van der Waals surface area contributed by atoms with Gasteiger partial charge in [0.25, 0.3) is 5.91 Å². The average molecular weight is 259 g/mol. The number of hydrogen-bond donors (Lipinski definition) is 2. The minimum atomic E-state index is 0.0280. The molecule has 1 saturated heterocycles. The number of anilines is 1. The second-order valence-corrected chi connectivity index (χ2v) is 4.79. The molecule has 1 aliphatic heterocycles. The van der Waals surface area contributed by atoms with Gasteiger partial charge in [-0.15, -0.1) is 0 Å². The van der Waals surface area contributed by atoms with E-state index in [0.29, 0.717) is 24.5 Å². The number of carbonyl (C=O) groups excluding carboxylic acids is 1. The zero-order valence-corrected chi connectivity index (χ0v) is 10.7. The number of hydrogen-bond acceptors (Lipinski definition) is 3. The van der Waals surface area contributed by atoms with Crippen LogP contribution in [-0.2, 0) is 4.74 Å². The van der Waals surface area contributed by atoms with E-state index in [1.165, 1.54) is 0 Å². The maximum Gasteiger partial charge on any atom is 0.270 e. The largest absolute Gasteiger partial charge is 0.399 e. The van der Waals surface area contributed by atoms with E-state index in [4.69, 9.17) is 10.5 Å². The number of aromatic nitrogens is 1. The Bertz CT molecular complexity index is 598. The smallest absolute Gasteiger partial charge is 0.270 e. The first kappa shape index (κ1) is 12.0. The molecule has 3 N–H and O–H groups in total. The van der Waals surface area contributed by atoms with Crippen LogP contribution in [-0.4, -0.2) is 42.1 Å². The molecule has 0 aliphatic carbocycles. The van der Waals surface area contributed by atoms with Crippen LogP contribution >= 0.6 is 0 Å². The van der Waals surface area contributed by atoms with E-state index < -0.39 is 0 Å². The summed E-state index contributed by atoms with van der Waals surface area (Å²) in [5.74, 6) is 0.0280. The minimum Gasteiger partial charge on any atom is -0.399 e. The van der Waals surface area contributed by atoms with Crippen molar-refractivity contribution in [3.63, 3.8) is 0 Å². The first-order valence-corrected chi connectivity index (χ1v) is 6.49. The lowest BCUT2D eigenvalue weighted by Gasteiger charge is -2.18. The molecule has 2 aromatic rings. The molecule has 1 aromatic carbocycles. The number of carbonyl (C=O) groups is 1. The molecule has 100 valence electrons. The van der Waals surface area contributed by atoms with Gasteiger partial charge < -0.3 is 20.4 Å². The number of amides is 1. The lowest BCUT2D eigenvalue weighted by atomic mass is 10.2. The molecule has 0 radical (unpaired) electrons. The molecule has 1 aliphatic rings. The monoisotopic (exact) mass is 259 g/mol. The Balaban J connectivity index is 1.88. The highest BCUT2D eigenvalue weighted by molar-refractivity contribution is 5.98. The first-order chi connectivity index (χ1) is 9.24. The summed E-state index contributed by atoms with van der Waals surface area (Å²) in [6.45, 7) is 2.73. The summed E-state index contributed by atoms with van der Waals surface area (Å²) in [6, 6.07) is 7.45. The van der Waals surface area contributed by atoms with Crippen LogP contribution in [0.2, 0.25) is 0 Å². The highest BCUT2D eigenvalue weighted by Gasteiger charge is 2.19. The molecular formula is C14H17N3O2. The molecule has 0 unspecified atom stereocenters. The Morgan fingerprint density at radius 2 is 2.16 bits per heavy atom. The van der Waals surface area contributed by atoms with Gasteiger partial charge >= 0.3 is 0 Å². The fourth-order valence-electron chi connectivity index (χ4n) is 2.39. The summed E-state index contributed by atoms with van der Waals surface area (Å²) in [5, 5.41) is 0.967. The van der Waals surface area contributed by atoms with Gasteiger partial charge in [-0.2, -0.15) is 0 Å². The summed E-state index contributed by atoms with van der Waals surface area (Å²) in [6.07, 6.45) is 0.888. The van der Waals surface area contributed by atoms with E-state index in [1.54, 1.807) is 0 Å².